The number of aryl methyl sites for hydroxylation is 1. The molecule has 0 spiro atoms. The summed E-state index contributed by atoms with van der Waals surface area (Å²) in [4.78, 5) is 11.4. The van der Waals surface area contributed by atoms with Gasteiger partial charge >= 0.3 is 5.63 Å². The third kappa shape index (κ3) is 4.93. The molecule has 5 rings (SSSR count). The zero-order chi connectivity index (χ0) is 22.6. The fourth-order valence-electron chi connectivity index (χ4n) is 3.44. The Morgan fingerprint density at radius 3 is 2.52 bits per heavy atom. The second kappa shape index (κ2) is 9.00. The van der Waals surface area contributed by atoms with Gasteiger partial charge in [-0.1, -0.05) is 35.0 Å². The Balaban J connectivity index is 1.21. The molecule has 164 valence electrons. The van der Waals surface area contributed by atoms with Crippen molar-refractivity contribution in [2.75, 3.05) is 0 Å². The Labute approximate surface area is 189 Å². The van der Waals surface area contributed by atoms with Crippen LogP contribution in [0.3, 0.4) is 0 Å². The zero-order valence-corrected chi connectivity index (χ0v) is 18.0. The number of hydrogen-bond donors (Lipinski definition) is 0. The predicted octanol–water partition coefficient (Wildman–Crippen LogP) is 4.84. The van der Waals surface area contributed by atoms with Gasteiger partial charge in [0.15, 0.2) is 0 Å². The van der Waals surface area contributed by atoms with Crippen molar-refractivity contribution >= 4 is 11.0 Å². The zero-order valence-electron chi connectivity index (χ0n) is 18.0. The van der Waals surface area contributed by atoms with Crippen molar-refractivity contribution in [3.05, 3.63) is 112 Å². The normalized spacial score (nSPS) is 10.9. The number of rotatable bonds is 7. The van der Waals surface area contributed by atoms with Gasteiger partial charge in [0.1, 0.15) is 36.0 Å². The van der Waals surface area contributed by atoms with Gasteiger partial charge < -0.3 is 13.9 Å². The molecule has 0 aliphatic heterocycles. The molecule has 5 aromatic rings. The van der Waals surface area contributed by atoms with Crippen LogP contribution in [0.1, 0.15) is 16.8 Å². The molecule has 0 atom stereocenters. The first-order valence-electron chi connectivity index (χ1n) is 10.5. The minimum atomic E-state index is -0.394. The lowest BCUT2D eigenvalue weighted by Gasteiger charge is -2.08. The summed E-state index contributed by atoms with van der Waals surface area (Å²) in [7, 11) is 0. The summed E-state index contributed by atoms with van der Waals surface area (Å²) >= 11 is 0. The number of nitrogens with zero attached hydrogens (tertiary/aromatic N) is 3. The lowest BCUT2D eigenvalue weighted by molar-refractivity contribution is 0.301. The molecule has 0 amide bonds. The maximum absolute atomic E-state index is 11.4. The molecule has 7 nitrogen and oxygen atoms in total. The van der Waals surface area contributed by atoms with E-state index in [0.29, 0.717) is 23.6 Å². The van der Waals surface area contributed by atoms with Gasteiger partial charge in [0, 0.05) is 17.5 Å². The third-order valence-corrected chi connectivity index (χ3v) is 5.11. The van der Waals surface area contributed by atoms with Crippen molar-refractivity contribution in [3.63, 3.8) is 0 Å². The van der Waals surface area contributed by atoms with Gasteiger partial charge in [0.2, 0.25) is 0 Å². The highest BCUT2D eigenvalue weighted by molar-refractivity contribution is 5.77. The van der Waals surface area contributed by atoms with Crippen LogP contribution in [0.2, 0.25) is 0 Å². The Morgan fingerprint density at radius 2 is 1.67 bits per heavy atom. The van der Waals surface area contributed by atoms with Crippen LogP contribution in [0, 0.1) is 6.92 Å². The number of fused-ring (bicyclic) bond motifs is 1. The maximum atomic E-state index is 11.4. The molecule has 0 radical (unpaired) electrons. The molecular weight excluding hydrogens is 418 g/mol. The molecular formula is C26H21N3O4. The fourth-order valence-corrected chi connectivity index (χ4v) is 3.44. The van der Waals surface area contributed by atoms with Crippen molar-refractivity contribution < 1.29 is 13.9 Å². The van der Waals surface area contributed by atoms with E-state index in [1.165, 1.54) is 11.6 Å². The first-order valence-corrected chi connectivity index (χ1v) is 10.5. The molecule has 0 aliphatic carbocycles. The topological polar surface area (TPSA) is 79.4 Å². The first kappa shape index (κ1) is 20.5. The van der Waals surface area contributed by atoms with Crippen molar-refractivity contribution in [1.29, 1.82) is 0 Å². The molecule has 0 N–H and O–H groups in total. The van der Waals surface area contributed by atoms with Crippen LogP contribution in [0.25, 0.3) is 16.7 Å². The average Bonchev–Trinajstić information content (AvgIpc) is 3.31. The molecule has 33 heavy (non-hydrogen) atoms. The van der Waals surface area contributed by atoms with E-state index in [-0.39, 0.29) is 6.61 Å². The van der Waals surface area contributed by atoms with E-state index < -0.39 is 5.63 Å². The Kier molecular flexibility index (Phi) is 5.59. The summed E-state index contributed by atoms with van der Waals surface area (Å²) in [6.07, 6.45) is 1.81. The highest BCUT2D eigenvalue weighted by Crippen LogP contribution is 2.21. The second-order valence-corrected chi connectivity index (χ2v) is 7.67. The van der Waals surface area contributed by atoms with Crippen LogP contribution >= 0.6 is 0 Å². The number of aromatic nitrogens is 3. The predicted molar refractivity (Wildman–Crippen MR) is 124 cm³/mol. The minimum absolute atomic E-state index is 0.236. The summed E-state index contributed by atoms with van der Waals surface area (Å²) in [5, 5.41) is 9.19. The van der Waals surface area contributed by atoms with E-state index in [0.717, 1.165) is 22.4 Å². The van der Waals surface area contributed by atoms with Crippen LogP contribution in [-0.2, 0) is 13.2 Å². The lowest BCUT2D eigenvalue weighted by Crippen LogP contribution is -1.98. The van der Waals surface area contributed by atoms with Crippen LogP contribution in [0.4, 0.5) is 0 Å². The number of ether oxygens (including phenoxy) is 2. The van der Waals surface area contributed by atoms with Gasteiger partial charge in [-0.05, 0) is 55.0 Å². The molecule has 0 fully saturated rings. The highest BCUT2D eigenvalue weighted by Gasteiger charge is 2.06. The van der Waals surface area contributed by atoms with Crippen LogP contribution in [0.15, 0.2) is 94.3 Å². The van der Waals surface area contributed by atoms with Gasteiger partial charge in [0.25, 0.3) is 0 Å². The van der Waals surface area contributed by atoms with E-state index >= 15 is 0 Å². The van der Waals surface area contributed by atoms with Crippen molar-refractivity contribution in [1.82, 2.24) is 15.0 Å². The van der Waals surface area contributed by atoms with Gasteiger partial charge in [-0.3, -0.25) is 0 Å². The summed E-state index contributed by atoms with van der Waals surface area (Å²) in [6.45, 7) is 2.82. The van der Waals surface area contributed by atoms with Crippen LogP contribution < -0.4 is 15.1 Å². The Bertz CT molecular complexity index is 1450. The quantitative estimate of drug-likeness (QED) is 0.338. The standard InChI is InChI=1S/C26H21N3O4/c1-18-3-2-4-19(13-18)16-31-23-10-7-22(8-11-23)29-15-21(27-28-29)17-32-24-9-5-20-6-12-26(30)33-25(20)14-24/h2-15H,16-17H2,1H3. The van der Waals surface area contributed by atoms with E-state index in [1.54, 1.807) is 16.8 Å². The molecule has 7 heteroatoms. The SMILES string of the molecule is Cc1cccc(COc2ccc(-n3cc(COc4ccc5ccc(=O)oc5c4)nn3)cc2)c1. The minimum Gasteiger partial charge on any atom is -0.489 e. The summed E-state index contributed by atoms with van der Waals surface area (Å²) in [5.74, 6) is 1.37. The Morgan fingerprint density at radius 1 is 0.879 bits per heavy atom. The summed E-state index contributed by atoms with van der Waals surface area (Å²) < 4.78 is 18.5. The second-order valence-electron chi connectivity index (χ2n) is 7.67. The van der Waals surface area contributed by atoms with E-state index in [4.69, 9.17) is 13.9 Å². The van der Waals surface area contributed by atoms with E-state index in [9.17, 15) is 4.79 Å². The summed E-state index contributed by atoms with van der Waals surface area (Å²) in [6, 6.07) is 24.4. The molecule has 2 aromatic heterocycles. The van der Waals surface area contributed by atoms with Gasteiger partial charge in [0.05, 0.1) is 11.9 Å². The average molecular weight is 439 g/mol. The molecule has 0 saturated heterocycles. The molecule has 0 unspecified atom stereocenters. The van der Waals surface area contributed by atoms with Gasteiger partial charge in [-0.25, -0.2) is 9.48 Å². The fraction of sp³-hybridized carbons (Fsp3) is 0.115. The number of hydrogen-bond acceptors (Lipinski definition) is 6. The van der Waals surface area contributed by atoms with Crippen molar-refractivity contribution in [3.8, 4) is 17.2 Å². The highest BCUT2D eigenvalue weighted by atomic mass is 16.5. The maximum Gasteiger partial charge on any atom is 0.336 e. The molecule has 3 aromatic carbocycles. The first-order chi connectivity index (χ1) is 16.1. The van der Waals surface area contributed by atoms with Crippen molar-refractivity contribution in [2.45, 2.75) is 20.1 Å². The smallest absolute Gasteiger partial charge is 0.336 e. The van der Waals surface area contributed by atoms with Crippen molar-refractivity contribution in [2.24, 2.45) is 0 Å². The van der Waals surface area contributed by atoms with E-state index in [2.05, 4.69) is 29.4 Å². The van der Waals surface area contributed by atoms with Crippen LogP contribution in [-0.4, -0.2) is 15.0 Å². The largest absolute Gasteiger partial charge is 0.489 e. The lowest BCUT2D eigenvalue weighted by atomic mass is 10.1. The monoisotopic (exact) mass is 439 g/mol. The Hall–Kier alpha value is -4.39. The molecule has 0 bridgehead atoms. The van der Waals surface area contributed by atoms with Gasteiger partial charge in [-0.15, -0.1) is 5.10 Å². The third-order valence-electron chi connectivity index (χ3n) is 5.11. The molecule has 2 heterocycles. The molecule has 0 aliphatic rings. The van der Waals surface area contributed by atoms with E-state index in [1.807, 2.05) is 54.7 Å². The molecule has 0 saturated carbocycles. The van der Waals surface area contributed by atoms with Crippen LogP contribution in [0.5, 0.6) is 11.5 Å². The number of benzene rings is 3. The van der Waals surface area contributed by atoms with Gasteiger partial charge in [-0.2, -0.15) is 0 Å². The summed E-state index contributed by atoms with van der Waals surface area (Å²) in [5.41, 5.74) is 3.97.